The molecule has 1 aliphatic heterocycles. The predicted octanol–water partition coefficient (Wildman–Crippen LogP) is 3.31. The maximum Gasteiger partial charge on any atom is 0.242 e. The summed E-state index contributed by atoms with van der Waals surface area (Å²) in [4.78, 5) is 29.4. The van der Waals surface area contributed by atoms with Crippen molar-refractivity contribution >= 4 is 53.2 Å². The summed E-state index contributed by atoms with van der Waals surface area (Å²) in [6, 6.07) is 17.5. The quantitative estimate of drug-likeness (QED) is 0.384. The lowest BCUT2D eigenvalue weighted by atomic mass is 9.95. The molecule has 2 aromatic carbocycles. The van der Waals surface area contributed by atoms with Gasteiger partial charge in [-0.3, -0.25) is 9.59 Å². The molecule has 9 heteroatoms. The van der Waals surface area contributed by atoms with Gasteiger partial charge in [0.25, 0.3) is 0 Å². The standard InChI is InChI=1S/C26H31N5O2.2ClH/c1-16-22(9-10-24(27)30-16)15-29-25(32)17(2)31-26(33)23-13-19(14-28-23)11-18-7-8-20-5-3-4-6-21(20)12-18;;/h3-10,12,17,19,23,28H,11,13-15H2,1-2H3,(H2,27,30)(H,29,32)(H,31,33);2*1H/t17-,19?,23?;;/m0../s1. The summed E-state index contributed by atoms with van der Waals surface area (Å²) < 4.78 is 0. The number of aryl methyl sites for hydroxylation is 1. The van der Waals surface area contributed by atoms with Crippen LogP contribution in [0, 0.1) is 12.8 Å². The number of rotatable bonds is 7. The van der Waals surface area contributed by atoms with Gasteiger partial charge in [-0.25, -0.2) is 4.98 Å². The number of pyridine rings is 1. The van der Waals surface area contributed by atoms with E-state index < -0.39 is 6.04 Å². The lowest BCUT2D eigenvalue weighted by Gasteiger charge is -2.17. The fourth-order valence-corrected chi connectivity index (χ4v) is 4.37. The molecule has 3 atom stereocenters. The number of anilines is 1. The predicted molar refractivity (Wildman–Crippen MR) is 145 cm³/mol. The van der Waals surface area contributed by atoms with Crippen molar-refractivity contribution in [2.24, 2.45) is 5.92 Å². The third-order valence-electron chi connectivity index (χ3n) is 6.30. The molecule has 0 bridgehead atoms. The Kier molecular flexibility index (Phi) is 10.3. The number of carbonyl (C=O) groups excluding carboxylic acids is 2. The zero-order chi connectivity index (χ0) is 23.4. The molecular formula is C26H33Cl2N5O2. The van der Waals surface area contributed by atoms with Gasteiger partial charge in [-0.15, -0.1) is 24.8 Å². The Hall–Kier alpha value is -2.87. The van der Waals surface area contributed by atoms with Gasteiger partial charge in [0.15, 0.2) is 0 Å². The van der Waals surface area contributed by atoms with Crippen molar-refractivity contribution < 1.29 is 9.59 Å². The molecule has 4 rings (SSSR count). The molecule has 0 saturated carbocycles. The zero-order valence-corrected chi connectivity index (χ0v) is 21.5. The molecule has 1 aliphatic rings. The molecule has 2 unspecified atom stereocenters. The highest BCUT2D eigenvalue weighted by molar-refractivity contribution is 5.89. The van der Waals surface area contributed by atoms with Gasteiger partial charge < -0.3 is 21.7 Å². The minimum absolute atomic E-state index is 0. The van der Waals surface area contributed by atoms with E-state index in [1.807, 2.05) is 19.1 Å². The molecule has 35 heavy (non-hydrogen) atoms. The van der Waals surface area contributed by atoms with Crippen molar-refractivity contribution in [3.63, 3.8) is 0 Å². The first kappa shape index (κ1) is 28.4. The highest BCUT2D eigenvalue weighted by Gasteiger charge is 2.30. The van der Waals surface area contributed by atoms with E-state index >= 15 is 0 Å². The summed E-state index contributed by atoms with van der Waals surface area (Å²) in [5.41, 5.74) is 8.62. The SMILES string of the molecule is Cc1nc(N)ccc1CNC(=O)[C@H](C)NC(=O)C1CC(Cc2ccc3ccccc3c2)CN1.Cl.Cl. The van der Waals surface area contributed by atoms with Gasteiger partial charge in [0, 0.05) is 12.2 Å². The van der Waals surface area contributed by atoms with Gasteiger partial charge >= 0.3 is 0 Å². The molecule has 0 aliphatic carbocycles. The minimum atomic E-state index is -0.624. The van der Waals surface area contributed by atoms with Crippen LogP contribution in [0.4, 0.5) is 5.82 Å². The van der Waals surface area contributed by atoms with E-state index in [0.29, 0.717) is 18.3 Å². The van der Waals surface area contributed by atoms with E-state index in [4.69, 9.17) is 5.73 Å². The Morgan fingerprint density at radius 2 is 1.86 bits per heavy atom. The van der Waals surface area contributed by atoms with Crippen molar-refractivity contribution in [2.45, 2.75) is 45.3 Å². The smallest absolute Gasteiger partial charge is 0.242 e. The third-order valence-corrected chi connectivity index (χ3v) is 6.30. The first-order valence-corrected chi connectivity index (χ1v) is 11.4. The molecule has 5 N–H and O–H groups in total. The number of hydrogen-bond acceptors (Lipinski definition) is 5. The van der Waals surface area contributed by atoms with Gasteiger partial charge in [-0.1, -0.05) is 48.5 Å². The molecule has 1 saturated heterocycles. The normalized spacial score (nSPS) is 17.7. The molecule has 0 spiro atoms. The van der Waals surface area contributed by atoms with E-state index in [1.54, 1.807) is 13.0 Å². The Morgan fingerprint density at radius 1 is 1.11 bits per heavy atom. The number of carbonyl (C=O) groups is 2. The Labute approximate surface area is 218 Å². The summed E-state index contributed by atoms with van der Waals surface area (Å²) in [6.07, 6.45) is 1.68. The van der Waals surface area contributed by atoms with Crippen molar-refractivity contribution in [3.05, 3.63) is 71.4 Å². The monoisotopic (exact) mass is 517 g/mol. The molecule has 1 fully saturated rings. The average molecular weight is 518 g/mol. The molecule has 188 valence electrons. The molecule has 3 aromatic rings. The molecule has 0 radical (unpaired) electrons. The number of nitrogens with two attached hydrogens (primary N) is 1. The van der Waals surface area contributed by atoms with Crippen LogP contribution in [-0.4, -0.2) is 35.4 Å². The number of benzene rings is 2. The highest BCUT2D eigenvalue weighted by Crippen LogP contribution is 2.22. The van der Waals surface area contributed by atoms with Crippen LogP contribution >= 0.6 is 24.8 Å². The Bertz CT molecular complexity index is 1170. The molecular weight excluding hydrogens is 485 g/mol. The number of hydrogen-bond donors (Lipinski definition) is 4. The van der Waals surface area contributed by atoms with Gasteiger partial charge in [0.1, 0.15) is 11.9 Å². The second-order valence-corrected chi connectivity index (χ2v) is 8.88. The average Bonchev–Trinajstić information content (AvgIpc) is 3.27. The molecule has 2 heterocycles. The molecule has 7 nitrogen and oxygen atoms in total. The topological polar surface area (TPSA) is 109 Å². The zero-order valence-electron chi connectivity index (χ0n) is 19.9. The van der Waals surface area contributed by atoms with Crippen molar-refractivity contribution in [1.29, 1.82) is 0 Å². The summed E-state index contributed by atoms with van der Waals surface area (Å²) in [6.45, 7) is 4.68. The summed E-state index contributed by atoms with van der Waals surface area (Å²) >= 11 is 0. The fourth-order valence-electron chi connectivity index (χ4n) is 4.37. The van der Waals surface area contributed by atoms with Crippen molar-refractivity contribution in [1.82, 2.24) is 20.9 Å². The van der Waals surface area contributed by atoms with Crippen LogP contribution < -0.4 is 21.7 Å². The van der Waals surface area contributed by atoms with Crippen LogP contribution in [0.15, 0.2) is 54.6 Å². The minimum Gasteiger partial charge on any atom is -0.384 e. The molecule has 2 amide bonds. The van der Waals surface area contributed by atoms with Crippen LogP contribution in [0.1, 0.15) is 30.2 Å². The maximum absolute atomic E-state index is 12.7. The Balaban J connectivity index is 0.00000216. The summed E-state index contributed by atoms with van der Waals surface area (Å²) in [5, 5.41) is 11.5. The number of aromatic nitrogens is 1. The first-order chi connectivity index (χ1) is 15.9. The van der Waals surface area contributed by atoms with E-state index in [2.05, 4.69) is 57.3 Å². The fraction of sp³-hybridized carbons (Fsp3) is 0.346. The number of fused-ring (bicyclic) bond motifs is 1. The summed E-state index contributed by atoms with van der Waals surface area (Å²) in [5.74, 6) is 0.465. The summed E-state index contributed by atoms with van der Waals surface area (Å²) in [7, 11) is 0. The lowest BCUT2D eigenvalue weighted by Crippen LogP contribution is -2.50. The Morgan fingerprint density at radius 3 is 2.60 bits per heavy atom. The number of nitrogens with one attached hydrogen (secondary N) is 3. The number of nitrogen functional groups attached to an aromatic ring is 1. The van der Waals surface area contributed by atoms with Crippen LogP contribution in [0.25, 0.3) is 10.8 Å². The van der Waals surface area contributed by atoms with E-state index in [9.17, 15) is 9.59 Å². The second-order valence-electron chi connectivity index (χ2n) is 8.88. The number of amides is 2. The van der Waals surface area contributed by atoms with E-state index in [1.165, 1.54) is 16.3 Å². The lowest BCUT2D eigenvalue weighted by molar-refractivity contribution is -0.129. The largest absolute Gasteiger partial charge is 0.384 e. The number of nitrogens with zero attached hydrogens (tertiary/aromatic N) is 1. The second kappa shape index (κ2) is 12.7. The van der Waals surface area contributed by atoms with Gasteiger partial charge in [0.2, 0.25) is 11.8 Å². The molecule has 1 aromatic heterocycles. The van der Waals surface area contributed by atoms with Crippen molar-refractivity contribution in [2.75, 3.05) is 12.3 Å². The van der Waals surface area contributed by atoms with E-state index in [-0.39, 0.29) is 42.7 Å². The van der Waals surface area contributed by atoms with Crippen LogP contribution in [0.2, 0.25) is 0 Å². The third kappa shape index (κ3) is 7.31. The van der Waals surface area contributed by atoms with Gasteiger partial charge in [-0.05, 0) is 67.1 Å². The van der Waals surface area contributed by atoms with Crippen molar-refractivity contribution in [3.8, 4) is 0 Å². The van der Waals surface area contributed by atoms with Crippen LogP contribution in [-0.2, 0) is 22.6 Å². The maximum atomic E-state index is 12.7. The van der Waals surface area contributed by atoms with Gasteiger partial charge in [-0.2, -0.15) is 0 Å². The highest BCUT2D eigenvalue weighted by atomic mass is 35.5. The first-order valence-electron chi connectivity index (χ1n) is 11.4. The number of halogens is 2. The van der Waals surface area contributed by atoms with Crippen LogP contribution in [0.5, 0.6) is 0 Å². The van der Waals surface area contributed by atoms with Gasteiger partial charge in [0.05, 0.1) is 6.04 Å². The van der Waals surface area contributed by atoms with E-state index in [0.717, 1.165) is 30.6 Å². The van der Waals surface area contributed by atoms with Crippen LogP contribution in [0.3, 0.4) is 0 Å².